The van der Waals surface area contributed by atoms with Gasteiger partial charge in [-0.25, -0.2) is 4.39 Å². The van der Waals surface area contributed by atoms with E-state index in [1.807, 2.05) is 12.1 Å². The summed E-state index contributed by atoms with van der Waals surface area (Å²) < 4.78 is 58.9. The molecule has 0 aliphatic heterocycles. The summed E-state index contributed by atoms with van der Waals surface area (Å²) in [7, 11) is 1.55. The molecule has 10 heteroatoms. The molecule has 0 radical (unpaired) electrons. The molecule has 0 aromatic heterocycles. The largest absolute Gasteiger partial charge is 0.497 e. The first kappa shape index (κ1) is 25.1. The molecule has 2 N–H and O–H groups in total. The molecule has 178 valence electrons. The van der Waals surface area contributed by atoms with Gasteiger partial charge >= 0.3 is 6.18 Å². The molecule has 2 amide bonds. The predicted molar refractivity (Wildman–Crippen MR) is 123 cm³/mol. The Morgan fingerprint density at radius 1 is 0.941 bits per heavy atom. The Hall–Kier alpha value is -3.53. The lowest BCUT2D eigenvalue weighted by molar-refractivity contribution is -0.136. The van der Waals surface area contributed by atoms with Crippen molar-refractivity contribution in [3.8, 4) is 5.75 Å². The smallest absolute Gasteiger partial charge is 0.418 e. The second-order valence-electron chi connectivity index (χ2n) is 7.04. The average Bonchev–Trinajstić information content (AvgIpc) is 2.80. The summed E-state index contributed by atoms with van der Waals surface area (Å²) in [5.74, 6) is -0.752. The summed E-state index contributed by atoms with van der Waals surface area (Å²) in [6.45, 7) is 0. The number of hydrogen-bond donors (Lipinski definition) is 2. The second kappa shape index (κ2) is 11.1. The fraction of sp³-hybridized carbons (Fsp3) is 0.167. The third-order valence-electron chi connectivity index (χ3n) is 4.62. The van der Waals surface area contributed by atoms with E-state index in [0.717, 1.165) is 29.2 Å². The third-order valence-corrected chi connectivity index (χ3v) is 5.63. The number of rotatable bonds is 8. The van der Waals surface area contributed by atoms with Gasteiger partial charge < -0.3 is 15.4 Å². The molecular formula is C24H20F4N2O3S. The minimum atomic E-state index is -4.77. The second-order valence-corrected chi connectivity index (χ2v) is 8.21. The van der Waals surface area contributed by atoms with Crippen LogP contribution in [0, 0.1) is 5.82 Å². The van der Waals surface area contributed by atoms with Gasteiger partial charge in [0.25, 0.3) is 5.91 Å². The average molecular weight is 492 g/mol. The summed E-state index contributed by atoms with van der Waals surface area (Å²) >= 11 is 1.39. The topological polar surface area (TPSA) is 67.4 Å². The SMILES string of the molecule is COc1ccc(SCCC(=O)Nc2ccc(NC(=O)c3ccc(F)cc3)cc2C(F)(F)F)cc1. The number of alkyl halides is 3. The van der Waals surface area contributed by atoms with Crippen LogP contribution in [0.25, 0.3) is 0 Å². The van der Waals surface area contributed by atoms with Gasteiger partial charge in [-0.05, 0) is 66.7 Å². The Bertz CT molecular complexity index is 1150. The fourth-order valence-electron chi connectivity index (χ4n) is 2.92. The van der Waals surface area contributed by atoms with Gasteiger partial charge in [0.05, 0.1) is 18.4 Å². The van der Waals surface area contributed by atoms with E-state index in [-0.39, 0.29) is 17.7 Å². The van der Waals surface area contributed by atoms with Crippen molar-refractivity contribution >= 4 is 35.0 Å². The highest BCUT2D eigenvalue weighted by molar-refractivity contribution is 7.99. The number of thioether (sulfide) groups is 1. The number of benzene rings is 3. The quantitative estimate of drug-likeness (QED) is 0.289. The summed E-state index contributed by atoms with van der Waals surface area (Å²) in [6, 6.07) is 14.8. The van der Waals surface area contributed by atoms with Crippen LogP contribution in [0.15, 0.2) is 71.6 Å². The van der Waals surface area contributed by atoms with Gasteiger partial charge in [0, 0.05) is 28.3 Å². The summed E-state index contributed by atoms with van der Waals surface area (Å²) in [6.07, 6.45) is -4.77. The summed E-state index contributed by atoms with van der Waals surface area (Å²) in [5.41, 5.74) is -1.54. The molecular weight excluding hydrogens is 472 g/mol. The van der Waals surface area contributed by atoms with Crippen LogP contribution in [0.5, 0.6) is 5.75 Å². The predicted octanol–water partition coefficient (Wildman–Crippen LogP) is 6.23. The van der Waals surface area contributed by atoms with Crippen molar-refractivity contribution < 1.29 is 31.9 Å². The third kappa shape index (κ3) is 6.98. The number of anilines is 2. The van der Waals surface area contributed by atoms with E-state index in [1.54, 1.807) is 19.2 Å². The molecule has 0 bridgehead atoms. The van der Waals surface area contributed by atoms with E-state index in [1.165, 1.54) is 30.0 Å². The maximum absolute atomic E-state index is 13.6. The van der Waals surface area contributed by atoms with Crippen molar-refractivity contribution in [2.75, 3.05) is 23.5 Å². The van der Waals surface area contributed by atoms with Crippen molar-refractivity contribution in [3.05, 3.63) is 83.7 Å². The van der Waals surface area contributed by atoms with E-state index < -0.39 is 35.1 Å². The Kier molecular flexibility index (Phi) is 8.17. The monoisotopic (exact) mass is 492 g/mol. The molecule has 3 aromatic carbocycles. The van der Waals surface area contributed by atoms with Crippen molar-refractivity contribution in [2.45, 2.75) is 17.5 Å². The zero-order chi connectivity index (χ0) is 24.7. The van der Waals surface area contributed by atoms with Crippen molar-refractivity contribution in [3.63, 3.8) is 0 Å². The highest BCUT2D eigenvalue weighted by Crippen LogP contribution is 2.37. The molecule has 0 atom stereocenters. The molecule has 0 unspecified atom stereocenters. The molecule has 34 heavy (non-hydrogen) atoms. The molecule has 0 fully saturated rings. The van der Waals surface area contributed by atoms with E-state index >= 15 is 0 Å². The Morgan fingerprint density at radius 3 is 2.24 bits per heavy atom. The molecule has 0 heterocycles. The van der Waals surface area contributed by atoms with Crippen molar-refractivity contribution in [1.29, 1.82) is 0 Å². The molecule has 3 aromatic rings. The first-order chi connectivity index (χ1) is 16.2. The minimum absolute atomic E-state index is 0.00293. The lowest BCUT2D eigenvalue weighted by atomic mass is 10.1. The van der Waals surface area contributed by atoms with E-state index in [0.29, 0.717) is 11.5 Å². The number of ether oxygens (including phenoxy) is 1. The fourth-order valence-corrected chi connectivity index (χ4v) is 3.77. The number of methoxy groups -OCH3 is 1. The van der Waals surface area contributed by atoms with Crippen LogP contribution in [0.3, 0.4) is 0 Å². The number of amides is 2. The molecule has 0 saturated heterocycles. The zero-order valence-electron chi connectivity index (χ0n) is 17.9. The van der Waals surface area contributed by atoms with Gasteiger partial charge in [-0.3, -0.25) is 9.59 Å². The summed E-state index contributed by atoms with van der Waals surface area (Å²) in [5, 5.41) is 4.64. The van der Waals surface area contributed by atoms with Crippen molar-refractivity contribution in [1.82, 2.24) is 0 Å². The number of halogens is 4. The normalized spacial score (nSPS) is 11.1. The number of carbonyl (C=O) groups is 2. The lowest BCUT2D eigenvalue weighted by Crippen LogP contribution is -2.18. The van der Waals surface area contributed by atoms with Crippen LogP contribution >= 0.6 is 11.8 Å². The van der Waals surface area contributed by atoms with Gasteiger partial charge in [-0.15, -0.1) is 11.8 Å². The van der Waals surface area contributed by atoms with E-state index in [9.17, 15) is 27.2 Å². The Labute approximate surface area is 197 Å². The minimum Gasteiger partial charge on any atom is -0.497 e. The molecule has 0 spiro atoms. The van der Waals surface area contributed by atoms with Gasteiger partial charge in [0.1, 0.15) is 11.6 Å². The molecule has 3 rings (SSSR count). The molecule has 0 saturated carbocycles. The van der Waals surface area contributed by atoms with Gasteiger partial charge in [-0.1, -0.05) is 0 Å². The molecule has 5 nitrogen and oxygen atoms in total. The van der Waals surface area contributed by atoms with E-state index in [2.05, 4.69) is 10.6 Å². The highest BCUT2D eigenvalue weighted by Gasteiger charge is 2.34. The Balaban J connectivity index is 1.64. The van der Waals surface area contributed by atoms with Crippen LogP contribution in [0.2, 0.25) is 0 Å². The van der Waals surface area contributed by atoms with Gasteiger partial charge in [0.2, 0.25) is 5.91 Å². The molecule has 0 aliphatic carbocycles. The van der Waals surface area contributed by atoms with Crippen LogP contribution in [0.4, 0.5) is 28.9 Å². The zero-order valence-corrected chi connectivity index (χ0v) is 18.7. The maximum atomic E-state index is 13.6. The van der Waals surface area contributed by atoms with Crippen LogP contribution in [0.1, 0.15) is 22.3 Å². The van der Waals surface area contributed by atoms with E-state index in [4.69, 9.17) is 4.74 Å². The van der Waals surface area contributed by atoms with Gasteiger partial charge in [-0.2, -0.15) is 13.2 Å². The lowest BCUT2D eigenvalue weighted by Gasteiger charge is -2.16. The van der Waals surface area contributed by atoms with Crippen LogP contribution in [-0.2, 0) is 11.0 Å². The van der Waals surface area contributed by atoms with Crippen LogP contribution < -0.4 is 15.4 Å². The van der Waals surface area contributed by atoms with Gasteiger partial charge in [0.15, 0.2) is 0 Å². The number of carbonyl (C=O) groups excluding carboxylic acids is 2. The summed E-state index contributed by atoms with van der Waals surface area (Å²) in [4.78, 5) is 25.4. The first-order valence-corrected chi connectivity index (χ1v) is 11.0. The van der Waals surface area contributed by atoms with Crippen molar-refractivity contribution in [2.24, 2.45) is 0 Å². The van der Waals surface area contributed by atoms with Crippen LogP contribution in [-0.4, -0.2) is 24.7 Å². The number of hydrogen-bond acceptors (Lipinski definition) is 4. The highest BCUT2D eigenvalue weighted by atomic mass is 32.2. The maximum Gasteiger partial charge on any atom is 0.418 e. The number of nitrogens with one attached hydrogen (secondary N) is 2. The first-order valence-electron chi connectivity index (χ1n) is 10.0. The Morgan fingerprint density at radius 2 is 1.62 bits per heavy atom. The standard InChI is InChI=1S/C24H20F4N2O3S/c1-33-18-7-9-19(10-8-18)34-13-12-22(31)30-21-11-6-17(14-20(21)24(26,27)28)29-23(32)15-2-4-16(25)5-3-15/h2-11,14H,12-13H2,1H3,(H,29,32)(H,30,31). The molecule has 0 aliphatic rings.